The Bertz CT molecular complexity index is 839. The molecule has 1 aliphatic rings. The van der Waals surface area contributed by atoms with Crippen molar-refractivity contribution in [3.8, 4) is 0 Å². The number of nitrogens with one attached hydrogen (secondary N) is 1. The Hall–Kier alpha value is -2.12. The zero-order valence-corrected chi connectivity index (χ0v) is 16.4. The third-order valence-electron chi connectivity index (χ3n) is 5.07. The molecule has 3 rings (SSSR count). The van der Waals surface area contributed by atoms with Gasteiger partial charge in [-0.3, -0.25) is 4.79 Å². The van der Waals surface area contributed by atoms with Crippen molar-refractivity contribution < 1.29 is 17.6 Å². The quantitative estimate of drug-likeness (QED) is 0.787. The minimum atomic E-state index is -3.70. The van der Waals surface area contributed by atoms with Crippen LogP contribution in [-0.4, -0.2) is 32.2 Å². The van der Waals surface area contributed by atoms with Crippen molar-refractivity contribution in [2.24, 2.45) is 0 Å². The van der Waals surface area contributed by atoms with Gasteiger partial charge in [-0.15, -0.1) is 0 Å². The summed E-state index contributed by atoms with van der Waals surface area (Å²) < 4.78 is 31.6. The minimum absolute atomic E-state index is 0.211. The number of hydrogen-bond acceptors (Lipinski definition) is 4. The highest BCUT2D eigenvalue weighted by molar-refractivity contribution is 7.89. The van der Waals surface area contributed by atoms with E-state index >= 15 is 0 Å². The van der Waals surface area contributed by atoms with E-state index in [4.69, 9.17) is 4.42 Å². The SMILES string of the molecule is CN(CC(=O)NCc1ccco1)S(=O)(=O)c1ccc(C2CCCCC2)cc1. The molecule has 0 aliphatic heterocycles. The molecule has 0 radical (unpaired) electrons. The van der Waals surface area contributed by atoms with Gasteiger partial charge in [0, 0.05) is 7.05 Å². The van der Waals surface area contributed by atoms with Crippen molar-refractivity contribution in [1.29, 1.82) is 0 Å². The molecule has 146 valence electrons. The maximum atomic E-state index is 12.7. The fourth-order valence-electron chi connectivity index (χ4n) is 3.47. The number of amides is 1. The Balaban J connectivity index is 1.59. The Morgan fingerprint density at radius 1 is 1.15 bits per heavy atom. The Kier molecular flexibility index (Phi) is 6.34. The van der Waals surface area contributed by atoms with Crippen LogP contribution >= 0.6 is 0 Å². The molecule has 0 atom stereocenters. The van der Waals surface area contributed by atoms with Crippen LogP contribution in [0.5, 0.6) is 0 Å². The van der Waals surface area contributed by atoms with Gasteiger partial charge in [-0.1, -0.05) is 31.4 Å². The summed E-state index contributed by atoms with van der Waals surface area (Å²) in [7, 11) is -2.29. The largest absolute Gasteiger partial charge is 0.467 e. The Morgan fingerprint density at radius 3 is 2.48 bits per heavy atom. The zero-order chi connectivity index (χ0) is 19.3. The minimum Gasteiger partial charge on any atom is -0.467 e. The molecule has 0 saturated heterocycles. The van der Waals surface area contributed by atoms with Crippen LogP contribution in [0.2, 0.25) is 0 Å². The highest BCUT2D eigenvalue weighted by Gasteiger charge is 2.24. The smallest absolute Gasteiger partial charge is 0.243 e. The fourth-order valence-corrected chi connectivity index (χ4v) is 4.60. The number of benzene rings is 1. The standard InChI is InChI=1S/C20H26N2O4S/c1-22(15-20(23)21-14-18-8-5-13-26-18)27(24,25)19-11-9-17(10-12-19)16-6-3-2-4-7-16/h5,8-13,16H,2-4,6-7,14-15H2,1H3,(H,21,23). The molecule has 6 nitrogen and oxygen atoms in total. The van der Waals surface area contributed by atoms with Crippen molar-refractivity contribution in [1.82, 2.24) is 9.62 Å². The number of rotatable bonds is 7. The van der Waals surface area contributed by atoms with Crippen molar-refractivity contribution in [3.63, 3.8) is 0 Å². The Morgan fingerprint density at radius 2 is 1.85 bits per heavy atom. The summed E-state index contributed by atoms with van der Waals surface area (Å²) in [6.45, 7) is -0.0107. The lowest BCUT2D eigenvalue weighted by molar-refractivity contribution is -0.121. The number of hydrogen-bond donors (Lipinski definition) is 1. The molecular formula is C20H26N2O4S. The van der Waals surface area contributed by atoms with Gasteiger partial charge >= 0.3 is 0 Å². The highest BCUT2D eigenvalue weighted by Crippen LogP contribution is 2.33. The molecular weight excluding hydrogens is 364 g/mol. The van der Waals surface area contributed by atoms with E-state index in [-0.39, 0.29) is 23.9 Å². The van der Waals surface area contributed by atoms with Crippen molar-refractivity contribution in [2.45, 2.75) is 49.5 Å². The second-order valence-corrected chi connectivity index (χ2v) is 9.07. The molecule has 1 aliphatic carbocycles. The predicted molar refractivity (Wildman–Crippen MR) is 103 cm³/mol. The van der Waals surface area contributed by atoms with Gasteiger partial charge in [0.15, 0.2) is 0 Å². The molecule has 1 amide bonds. The summed E-state index contributed by atoms with van der Waals surface area (Å²) in [5, 5.41) is 2.65. The summed E-state index contributed by atoms with van der Waals surface area (Å²) in [4.78, 5) is 12.2. The van der Waals surface area contributed by atoms with Crippen LogP contribution in [0, 0.1) is 0 Å². The third kappa shape index (κ3) is 4.99. The second kappa shape index (κ2) is 8.71. The van der Waals surface area contributed by atoms with Gasteiger partial charge in [0.05, 0.1) is 24.2 Å². The number of carbonyl (C=O) groups excluding carboxylic acids is 1. The number of sulfonamides is 1. The summed E-state index contributed by atoms with van der Waals surface area (Å²) in [6.07, 6.45) is 7.62. The molecule has 7 heteroatoms. The molecule has 2 aromatic rings. The van der Waals surface area contributed by atoms with E-state index in [0.29, 0.717) is 11.7 Å². The van der Waals surface area contributed by atoms with Gasteiger partial charge < -0.3 is 9.73 Å². The van der Waals surface area contributed by atoms with Gasteiger partial charge in [-0.05, 0) is 48.6 Å². The van der Waals surface area contributed by atoms with Crippen molar-refractivity contribution in [2.75, 3.05) is 13.6 Å². The average Bonchev–Trinajstić information content (AvgIpc) is 3.21. The van der Waals surface area contributed by atoms with Crippen LogP contribution in [0.25, 0.3) is 0 Å². The fraction of sp³-hybridized carbons (Fsp3) is 0.450. The second-order valence-electron chi connectivity index (χ2n) is 7.02. The molecule has 1 aromatic carbocycles. The Labute approximate surface area is 160 Å². The normalized spacial score (nSPS) is 15.8. The molecule has 1 heterocycles. The van der Waals surface area contributed by atoms with Gasteiger partial charge in [-0.2, -0.15) is 4.31 Å². The van der Waals surface area contributed by atoms with E-state index in [1.54, 1.807) is 24.3 Å². The molecule has 1 fully saturated rings. The van der Waals surface area contributed by atoms with E-state index < -0.39 is 10.0 Å². The summed E-state index contributed by atoms with van der Waals surface area (Å²) in [5.74, 6) is 0.768. The molecule has 0 spiro atoms. The lowest BCUT2D eigenvalue weighted by Crippen LogP contribution is -2.38. The monoisotopic (exact) mass is 390 g/mol. The van der Waals surface area contributed by atoms with Gasteiger partial charge in [0.2, 0.25) is 15.9 Å². The summed E-state index contributed by atoms with van der Waals surface area (Å²) >= 11 is 0. The topological polar surface area (TPSA) is 79.6 Å². The number of furan rings is 1. The zero-order valence-electron chi connectivity index (χ0n) is 15.6. The summed E-state index contributed by atoms with van der Waals surface area (Å²) in [5.41, 5.74) is 1.20. The molecule has 27 heavy (non-hydrogen) atoms. The van der Waals surface area contributed by atoms with E-state index in [9.17, 15) is 13.2 Å². The van der Waals surface area contributed by atoms with E-state index in [2.05, 4.69) is 5.32 Å². The van der Waals surface area contributed by atoms with Crippen molar-refractivity contribution in [3.05, 3.63) is 54.0 Å². The predicted octanol–water partition coefficient (Wildman–Crippen LogP) is 3.26. The molecule has 1 saturated carbocycles. The van der Waals surface area contributed by atoms with Crippen LogP contribution in [-0.2, 0) is 21.4 Å². The maximum Gasteiger partial charge on any atom is 0.243 e. The average molecular weight is 391 g/mol. The van der Waals surface area contributed by atoms with Crippen LogP contribution in [0.15, 0.2) is 52.0 Å². The van der Waals surface area contributed by atoms with Crippen LogP contribution in [0.1, 0.15) is 49.3 Å². The van der Waals surface area contributed by atoms with Gasteiger partial charge in [0.1, 0.15) is 5.76 Å². The molecule has 0 unspecified atom stereocenters. The highest BCUT2D eigenvalue weighted by atomic mass is 32.2. The lowest BCUT2D eigenvalue weighted by atomic mass is 9.84. The van der Waals surface area contributed by atoms with E-state index in [1.165, 1.54) is 51.0 Å². The van der Waals surface area contributed by atoms with Gasteiger partial charge in [-0.25, -0.2) is 8.42 Å². The number of nitrogens with zero attached hydrogens (tertiary/aromatic N) is 1. The molecule has 1 aromatic heterocycles. The van der Waals surface area contributed by atoms with Gasteiger partial charge in [0.25, 0.3) is 0 Å². The van der Waals surface area contributed by atoms with E-state index in [0.717, 1.165) is 4.31 Å². The summed E-state index contributed by atoms with van der Waals surface area (Å²) in [6, 6.07) is 10.6. The lowest BCUT2D eigenvalue weighted by Gasteiger charge is -2.22. The first-order chi connectivity index (χ1) is 13.0. The van der Waals surface area contributed by atoms with Crippen LogP contribution in [0.4, 0.5) is 0 Å². The first-order valence-corrected chi connectivity index (χ1v) is 10.8. The van der Waals surface area contributed by atoms with Crippen LogP contribution in [0.3, 0.4) is 0 Å². The third-order valence-corrected chi connectivity index (χ3v) is 6.89. The first kappa shape index (κ1) is 19.6. The van der Waals surface area contributed by atoms with E-state index in [1.807, 2.05) is 12.1 Å². The van der Waals surface area contributed by atoms with Crippen LogP contribution < -0.4 is 5.32 Å². The number of likely N-dealkylation sites (N-methyl/N-ethyl adjacent to an activating group) is 1. The number of carbonyl (C=O) groups is 1. The first-order valence-electron chi connectivity index (χ1n) is 9.32. The maximum absolute atomic E-state index is 12.7. The van der Waals surface area contributed by atoms with Crippen molar-refractivity contribution >= 4 is 15.9 Å². The molecule has 0 bridgehead atoms. The molecule has 1 N–H and O–H groups in total.